The Bertz CT molecular complexity index is 1220. The lowest BCUT2D eigenvalue weighted by molar-refractivity contribution is -0.138. The van der Waals surface area contributed by atoms with Crippen molar-refractivity contribution >= 4 is 29.9 Å². The molecule has 0 aliphatic rings. The van der Waals surface area contributed by atoms with Crippen LogP contribution in [-0.4, -0.2) is 48.1 Å². The molecule has 37 heavy (non-hydrogen) atoms. The number of amides is 1. The number of carbonyl (C=O) groups is 3. The number of ether oxygens (including phenoxy) is 3. The van der Waals surface area contributed by atoms with E-state index in [0.717, 1.165) is 18.3 Å². The smallest absolute Gasteiger partial charge is 0.416 e. The topological polar surface area (TPSA) is 169 Å². The van der Waals surface area contributed by atoms with Crippen molar-refractivity contribution in [2.75, 3.05) is 31.4 Å². The summed E-state index contributed by atoms with van der Waals surface area (Å²) < 4.78 is 63.2. The third kappa shape index (κ3) is 8.55. The summed E-state index contributed by atoms with van der Waals surface area (Å²) in [6, 6.07) is 2.93. The minimum absolute atomic E-state index is 0.0215. The normalized spacial score (nSPS) is 10.6. The number of methoxy groups -OCH3 is 1. The second kappa shape index (κ2) is 12.9. The van der Waals surface area contributed by atoms with Crippen molar-refractivity contribution in [2.24, 2.45) is 0 Å². The van der Waals surface area contributed by atoms with Crippen molar-refractivity contribution in [3.63, 3.8) is 0 Å². The van der Waals surface area contributed by atoms with Crippen LogP contribution in [0.5, 0.6) is 5.75 Å². The fraction of sp³-hybridized carbons (Fsp3) is 0.318. The van der Waals surface area contributed by atoms with Gasteiger partial charge in [-0.3, -0.25) is 10.1 Å². The number of hydrogen-bond acceptors (Lipinski definition) is 11. The quantitative estimate of drug-likeness (QED) is 0.410. The predicted molar refractivity (Wildman–Crippen MR) is 120 cm³/mol. The minimum atomic E-state index is -4.65. The van der Waals surface area contributed by atoms with E-state index in [1.54, 1.807) is 13.8 Å². The van der Waals surface area contributed by atoms with Crippen LogP contribution in [0.4, 0.5) is 25.2 Å². The first-order valence-electron chi connectivity index (χ1n) is 10.5. The summed E-state index contributed by atoms with van der Waals surface area (Å²) in [6.45, 7) is 3.74. The summed E-state index contributed by atoms with van der Waals surface area (Å²) in [6.07, 6.45) is -2.95. The van der Waals surface area contributed by atoms with E-state index in [4.69, 9.17) is 19.6 Å². The number of benzene rings is 1. The molecule has 0 radical (unpaired) electrons. The van der Waals surface area contributed by atoms with E-state index < -0.39 is 36.0 Å². The van der Waals surface area contributed by atoms with Crippen LogP contribution in [-0.2, 0) is 26.9 Å². The molecule has 12 nitrogen and oxygen atoms in total. The zero-order chi connectivity index (χ0) is 27.6. The number of nitrogen functional groups attached to an aromatic ring is 1. The molecule has 15 heteroatoms. The molecule has 3 rings (SSSR count). The van der Waals surface area contributed by atoms with Crippen molar-refractivity contribution in [2.45, 2.75) is 26.4 Å². The number of alkyl halides is 3. The van der Waals surface area contributed by atoms with Crippen LogP contribution in [0.1, 0.15) is 46.1 Å². The number of halogens is 3. The lowest BCUT2D eigenvalue weighted by Gasteiger charge is -2.13. The second-order valence-corrected chi connectivity index (χ2v) is 6.78. The van der Waals surface area contributed by atoms with Crippen molar-refractivity contribution in [3.8, 4) is 5.75 Å². The maximum absolute atomic E-state index is 13.1. The monoisotopic (exact) mass is 528 g/mol. The Morgan fingerprint density at radius 2 is 1.59 bits per heavy atom. The molecule has 2 aromatic heterocycles. The summed E-state index contributed by atoms with van der Waals surface area (Å²) in [7, 11) is 1.24. The minimum Gasteiger partial charge on any atom is -0.497 e. The number of nitrogens with one attached hydrogen (secondary N) is 1. The van der Waals surface area contributed by atoms with Crippen LogP contribution < -0.4 is 15.8 Å². The molecule has 0 spiro atoms. The Morgan fingerprint density at radius 3 is 2.11 bits per heavy atom. The number of nitrogens with zero attached hydrogens (tertiary/aromatic N) is 2. The summed E-state index contributed by atoms with van der Waals surface area (Å²) >= 11 is 0. The number of aromatic nitrogens is 2. The molecular formula is C22H23F3N4O8. The highest BCUT2D eigenvalue weighted by atomic mass is 19.4. The van der Waals surface area contributed by atoms with Crippen LogP contribution in [0.25, 0.3) is 0 Å². The molecule has 200 valence electrons. The van der Waals surface area contributed by atoms with Gasteiger partial charge in [-0.25, -0.2) is 19.6 Å². The number of oxazole rings is 2. The van der Waals surface area contributed by atoms with E-state index in [9.17, 15) is 27.6 Å². The molecule has 0 aliphatic heterocycles. The van der Waals surface area contributed by atoms with Gasteiger partial charge in [0.2, 0.25) is 17.4 Å². The van der Waals surface area contributed by atoms with Crippen molar-refractivity contribution in [3.05, 3.63) is 53.2 Å². The van der Waals surface area contributed by atoms with Gasteiger partial charge in [-0.1, -0.05) is 6.07 Å². The van der Waals surface area contributed by atoms with Crippen molar-refractivity contribution < 1.29 is 50.6 Å². The Balaban J connectivity index is 0.000000364. The summed E-state index contributed by atoms with van der Waals surface area (Å²) in [5.41, 5.74) is 3.90. The van der Waals surface area contributed by atoms with E-state index in [-0.39, 0.29) is 41.5 Å². The van der Waals surface area contributed by atoms with Gasteiger partial charge in [0.15, 0.2) is 0 Å². The molecule has 3 aromatic rings. The largest absolute Gasteiger partial charge is 0.497 e. The van der Waals surface area contributed by atoms with Crippen molar-refractivity contribution in [1.82, 2.24) is 9.97 Å². The third-order valence-electron chi connectivity index (χ3n) is 4.20. The van der Waals surface area contributed by atoms with Crippen LogP contribution in [0.2, 0.25) is 0 Å². The summed E-state index contributed by atoms with van der Waals surface area (Å²) in [5.74, 6) is -2.29. The van der Waals surface area contributed by atoms with Gasteiger partial charge < -0.3 is 28.8 Å². The van der Waals surface area contributed by atoms with Gasteiger partial charge in [0.1, 0.15) is 5.75 Å². The first-order valence-corrected chi connectivity index (χ1v) is 10.5. The Hall–Kier alpha value is -4.56. The van der Waals surface area contributed by atoms with Gasteiger partial charge in [0, 0.05) is 0 Å². The lowest BCUT2D eigenvalue weighted by Crippen LogP contribution is -2.18. The highest BCUT2D eigenvalue weighted by Gasteiger charge is 2.34. The standard InChI is InChI=1S/C16H15F3N2O5.C6H8N2O3/c1-3-25-14(23)12-8-20-15(26-12)21-13(22)6-9-4-5-10(24-2)7-11(9)16(17,18)19;1-2-10-5(9)4-3-8-6(7)11-4/h4-5,7-8H,3,6H2,1-2H3,(H,20,21,22);3H,2H2,1H3,(H2,7,8). The first kappa shape index (κ1) is 28.7. The molecule has 3 N–H and O–H groups in total. The molecule has 0 saturated carbocycles. The van der Waals surface area contributed by atoms with Gasteiger partial charge in [0.25, 0.3) is 6.01 Å². The summed E-state index contributed by atoms with van der Waals surface area (Å²) in [4.78, 5) is 41.5. The number of nitrogens with two attached hydrogens (primary N) is 1. The van der Waals surface area contributed by atoms with Gasteiger partial charge in [-0.2, -0.15) is 13.2 Å². The average Bonchev–Trinajstić information content (AvgIpc) is 3.48. The Labute approximate surface area is 207 Å². The van der Waals surface area contributed by atoms with Crippen LogP contribution in [0.15, 0.2) is 39.4 Å². The first-order chi connectivity index (χ1) is 17.5. The number of rotatable bonds is 8. The fourth-order valence-corrected chi connectivity index (χ4v) is 2.65. The maximum atomic E-state index is 13.1. The van der Waals surface area contributed by atoms with Crippen molar-refractivity contribution in [1.29, 1.82) is 0 Å². The molecule has 0 fully saturated rings. The SMILES string of the molecule is CCOC(=O)c1cnc(N)o1.CCOC(=O)c1cnc(NC(=O)Cc2ccc(OC)cc2C(F)(F)F)o1. The zero-order valence-corrected chi connectivity index (χ0v) is 19.9. The van der Waals surface area contributed by atoms with Crippen LogP contribution in [0.3, 0.4) is 0 Å². The highest BCUT2D eigenvalue weighted by molar-refractivity contribution is 5.91. The van der Waals surface area contributed by atoms with E-state index in [0.29, 0.717) is 6.61 Å². The third-order valence-corrected chi connectivity index (χ3v) is 4.20. The number of hydrogen-bond donors (Lipinski definition) is 2. The van der Waals surface area contributed by atoms with E-state index in [2.05, 4.69) is 24.4 Å². The molecule has 2 heterocycles. The van der Waals surface area contributed by atoms with E-state index >= 15 is 0 Å². The molecule has 0 atom stereocenters. The molecule has 0 unspecified atom stereocenters. The molecule has 0 aliphatic carbocycles. The molecule has 0 bridgehead atoms. The number of carbonyl (C=O) groups excluding carboxylic acids is 3. The number of anilines is 2. The van der Waals surface area contributed by atoms with Gasteiger partial charge in [-0.15, -0.1) is 0 Å². The van der Waals surface area contributed by atoms with E-state index in [1.165, 1.54) is 19.4 Å². The van der Waals surface area contributed by atoms with Gasteiger partial charge >= 0.3 is 24.1 Å². The Kier molecular flexibility index (Phi) is 10.0. The zero-order valence-electron chi connectivity index (χ0n) is 19.9. The molecule has 0 saturated heterocycles. The fourth-order valence-electron chi connectivity index (χ4n) is 2.65. The molecule has 1 aromatic carbocycles. The second-order valence-electron chi connectivity index (χ2n) is 6.78. The predicted octanol–water partition coefficient (Wildman–Crippen LogP) is 3.49. The maximum Gasteiger partial charge on any atom is 0.416 e. The average molecular weight is 528 g/mol. The summed E-state index contributed by atoms with van der Waals surface area (Å²) in [5, 5.41) is 2.19. The molecular weight excluding hydrogens is 505 g/mol. The Morgan fingerprint density at radius 1 is 1.00 bits per heavy atom. The van der Waals surface area contributed by atoms with Crippen LogP contribution in [0, 0.1) is 0 Å². The van der Waals surface area contributed by atoms with Gasteiger partial charge in [0.05, 0.1) is 44.7 Å². The van der Waals surface area contributed by atoms with Gasteiger partial charge in [-0.05, 0) is 31.5 Å². The number of esters is 2. The highest BCUT2D eigenvalue weighted by Crippen LogP contribution is 2.34. The molecule has 1 amide bonds. The van der Waals surface area contributed by atoms with E-state index in [1.807, 2.05) is 0 Å². The lowest BCUT2D eigenvalue weighted by atomic mass is 10.0. The van der Waals surface area contributed by atoms with Crippen LogP contribution >= 0.6 is 0 Å².